The van der Waals surface area contributed by atoms with E-state index in [9.17, 15) is 4.79 Å². The predicted molar refractivity (Wildman–Crippen MR) is 86.8 cm³/mol. The second-order valence-corrected chi connectivity index (χ2v) is 5.82. The predicted octanol–water partition coefficient (Wildman–Crippen LogP) is 5.26. The lowest BCUT2D eigenvalue weighted by atomic mass is 10.1. The first-order valence-corrected chi connectivity index (χ1v) is 7.37. The van der Waals surface area contributed by atoms with E-state index in [0.717, 1.165) is 16.1 Å². The molecule has 4 heteroatoms. The number of benzene rings is 2. The second-order valence-electron chi connectivity index (χ2n) is 5.01. The number of ketones is 1. The van der Waals surface area contributed by atoms with E-state index in [2.05, 4.69) is 0 Å². The number of aryl methyl sites for hydroxylation is 2. The summed E-state index contributed by atoms with van der Waals surface area (Å²) < 4.78 is 5.74. The van der Waals surface area contributed by atoms with Gasteiger partial charge < -0.3 is 4.74 Å². The van der Waals surface area contributed by atoms with Crippen LogP contribution in [0.3, 0.4) is 0 Å². The van der Waals surface area contributed by atoms with Gasteiger partial charge in [0.2, 0.25) is 5.78 Å². The van der Waals surface area contributed by atoms with Gasteiger partial charge in [0.05, 0.1) is 0 Å². The number of hydrogen-bond acceptors (Lipinski definition) is 2. The molecule has 1 atom stereocenters. The lowest BCUT2D eigenvalue weighted by Crippen LogP contribution is -2.24. The second kappa shape index (κ2) is 6.50. The van der Waals surface area contributed by atoms with Crippen molar-refractivity contribution in [1.82, 2.24) is 0 Å². The van der Waals surface area contributed by atoms with Crippen LogP contribution >= 0.6 is 23.2 Å². The highest BCUT2D eigenvalue weighted by Crippen LogP contribution is 2.27. The van der Waals surface area contributed by atoms with Gasteiger partial charge in [0, 0.05) is 15.6 Å². The maximum Gasteiger partial charge on any atom is 0.203 e. The minimum atomic E-state index is -0.594. The molecule has 21 heavy (non-hydrogen) atoms. The lowest BCUT2D eigenvalue weighted by molar-refractivity contribution is 0.0818. The molecule has 0 aliphatic carbocycles. The highest BCUT2D eigenvalue weighted by atomic mass is 35.5. The Morgan fingerprint density at radius 1 is 1.10 bits per heavy atom. The average molecular weight is 323 g/mol. The van der Waals surface area contributed by atoms with Crippen LogP contribution in [0.5, 0.6) is 5.75 Å². The van der Waals surface area contributed by atoms with Gasteiger partial charge >= 0.3 is 0 Å². The van der Waals surface area contributed by atoms with Crippen LogP contribution in [0.2, 0.25) is 10.0 Å². The summed E-state index contributed by atoms with van der Waals surface area (Å²) in [6.45, 7) is 5.54. The van der Waals surface area contributed by atoms with E-state index in [1.165, 1.54) is 0 Å². The van der Waals surface area contributed by atoms with Crippen LogP contribution in [0.1, 0.15) is 28.4 Å². The molecular formula is C17H16Cl2O2. The molecule has 0 aliphatic heterocycles. The van der Waals surface area contributed by atoms with Gasteiger partial charge in [-0.1, -0.05) is 35.3 Å². The van der Waals surface area contributed by atoms with Crippen molar-refractivity contribution in [1.29, 1.82) is 0 Å². The molecule has 1 unspecified atom stereocenters. The summed E-state index contributed by atoms with van der Waals surface area (Å²) in [5.74, 6) is 0.528. The molecule has 0 saturated carbocycles. The monoisotopic (exact) mass is 322 g/mol. The van der Waals surface area contributed by atoms with E-state index in [-0.39, 0.29) is 5.78 Å². The Bertz CT molecular complexity index is 657. The molecular weight excluding hydrogens is 307 g/mol. The summed E-state index contributed by atoms with van der Waals surface area (Å²) in [5.41, 5.74) is 2.39. The van der Waals surface area contributed by atoms with Crippen LogP contribution in [0.4, 0.5) is 0 Å². The molecule has 0 spiro atoms. The molecule has 0 bridgehead atoms. The molecule has 2 nitrogen and oxygen atoms in total. The van der Waals surface area contributed by atoms with E-state index in [1.54, 1.807) is 31.2 Å². The summed E-state index contributed by atoms with van der Waals surface area (Å²) in [6, 6.07) is 10.5. The number of hydrogen-bond donors (Lipinski definition) is 0. The number of rotatable bonds is 4. The first-order valence-electron chi connectivity index (χ1n) is 6.61. The van der Waals surface area contributed by atoms with E-state index >= 15 is 0 Å². The van der Waals surface area contributed by atoms with Crippen molar-refractivity contribution in [2.24, 2.45) is 0 Å². The van der Waals surface area contributed by atoms with Crippen molar-refractivity contribution in [3.8, 4) is 5.75 Å². The van der Waals surface area contributed by atoms with E-state index in [4.69, 9.17) is 27.9 Å². The number of carbonyl (C=O) groups excluding carboxylic acids is 1. The zero-order valence-corrected chi connectivity index (χ0v) is 13.6. The number of ether oxygens (including phenoxy) is 1. The van der Waals surface area contributed by atoms with Crippen molar-refractivity contribution in [3.05, 3.63) is 63.1 Å². The molecule has 0 aliphatic rings. The molecule has 0 aromatic heterocycles. The van der Waals surface area contributed by atoms with Crippen LogP contribution in [0.15, 0.2) is 36.4 Å². The summed E-state index contributed by atoms with van der Waals surface area (Å²) in [7, 11) is 0. The van der Waals surface area contributed by atoms with E-state index in [0.29, 0.717) is 16.3 Å². The fourth-order valence-corrected chi connectivity index (χ4v) is 2.41. The average Bonchev–Trinajstić information content (AvgIpc) is 2.43. The smallest absolute Gasteiger partial charge is 0.203 e. The standard InChI is InChI=1S/C17H16Cl2O2/c1-10-7-15(8-11(2)16(10)19)21-12(3)17(20)13-5-4-6-14(18)9-13/h4-9,12H,1-3H3. The number of halogens is 2. The minimum Gasteiger partial charge on any atom is -0.483 e. The summed E-state index contributed by atoms with van der Waals surface area (Å²) in [6.07, 6.45) is -0.594. The minimum absolute atomic E-state index is 0.109. The maximum atomic E-state index is 12.3. The van der Waals surface area contributed by atoms with Crippen molar-refractivity contribution >= 4 is 29.0 Å². The quantitative estimate of drug-likeness (QED) is 0.717. The molecule has 0 N–H and O–H groups in total. The van der Waals surface area contributed by atoms with Gasteiger partial charge in [0.25, 0.3) is 0 Å². The normalized spacial score (nSPS) is 12.0. The Labute approximate surface area is 134 Å². The Kier molecular flexibility index (Phi) is 4.92. The van der Waals surface area contributed by atoms with Crippen molar-refractivity contribution in [2.75, 3.05) is 0 Å². The highest BCUT2D eigenvalue weighted by Gasteiger charge is 2.17. The maximum absolute atomic E-state index is 12.3. The van der Waals surface area contributed by atoms with E-state index < -0.39 is 6.10 Å². The van der Waals surface area contributed by atoms with Crippen LogP contribution in [0.25, 0.3) is 0 Å². The zero-order valence-electron chi connectivity index (χ0n) is 12.1. The zero-order chi connectivity index (χ0) is 15.6. The van der Waals surface area contributed by atoms with Crippen molar-refractivity contribution < 1.29 is 9.53 Å². The van der Waals surface area contributed by atoms with Gasteiger partial charge in [-0.25, -0.2) is 0 Å². The molecule has 2 aromatic carbocycles. The van der Waals surface area contributed by atoms with Gasteiger partial charge in [-0.05, 0) is 56.2 Å². The highest BCUT2D eigenvalue weighted by molar-refractivity contribution is 6.32. The fourth-order valence-electron chi connectivity index (χ4n) is 2.11. The molecule has 2 rings (SSSR count). The summed E-state index contributed by atoms with van der Waals surface area (Å²) >= 11 is 12.0. The Morgan fingerprint density at radius 2 is 1.71 bits per heavy atom. The SMILES string of the molecule is Cc1cc(OC(C)C(=O)c2cccc(Cl)c2)cc(C)c1Cl. The Morgan fingerprint density at radius 3 is 2.29 bits per heavy atom. The van der Waals surface area contributed by atoms with Gasteiger partial charge in [0.1, 0.15) is 5.75 Å². The third-order valence-corrected chi connectivity index (χ3v) is 4.03. The molecule has 0 saturated heterocycles. The largest absolute Gasteiger partial charge is 0.483 e. The van der Waals surface area contributed by atoms with Gasteiger partial charge in [-0.2, -0.15) is 0 Å². The number of carbonyl (C=O) groups is 1. The van der Waals surface area contributed by atoms with Crippen molar-refractivity contribution in [3.63, 3.8) is 0 Å². The molecule has 0 fully saturated rings. The van der Waals surface area contributed by atoms with E-state index in [1.807, 2.05) is 26.0 Å². The number of Topliss-reactive ketones (excluding diaryl/α,β-unsaturated/α-hetero) is 1. The van der Waals surface area contributed by atoms with Gasteiger partial charge in [-0.15, -0.1) is 0 Å². The Hall–Kier alpha value is -1.51. The summed E-state index contributed by atoms with van der Waals surface area (Å²) in [4.78, 5) is 12.3. The van der Waals surface area contributed by atoms with Crippen LogP contribution in [-0.4, -0.2) is 11.9 Å². The van der Waals surface area contributed by atoms with Crippen LogP contribution < -0.4 is 4.74 Å². The van der Waals surface area contributed by atoms with Gasteiger partial charge in [0.15, 0.2) is 6.10 Å². The third-order valence-electron chi connectivity index (χ3n) is 3.20. The first-order chi connectivity index (χ1) is 9.88. The molecule has 110 valence electrons. The molecule has 0 radical (unpaired) electrons. The lowest BCUT2D eigenvalue weighted by Gasteiger charge is -2.15. The fraction of sp³-hybridized carbons (Fsp3) is 0.235. The molecule has 2 aromatic rings. The molecule has 0 amide bonds. The topological polar surface area (TPSA) is 26.3 Å². The molecule has 0 heterocycles. The van der Waals surface area contributed by atoms with Crippen molar-refractivity contribution in [2.45, 2.75) is 26.9 Å². The van der Waals surface area contributed by atoms with Crippen LogP contribution in [-0.2, 0) is 0 Å². The summed E-state index contributed by atoms with van der Waals surface area (Å²) in [5, 5.41) is 1.25. The first kappa shape index (κ1) is 15.9. The third kappa shape index (κ3) is 3.78. The Balaban J connectivity index is 2.18. The van der Waals surface area contributed by atoms with Crippen LogP contribution in [0, 0.1) is 13.8 Å². The van der Waals surface area contributed by atoms with Gasteiger partial charge in [-0.3, -0.25) is 4.79 Å².